The largest absolute Gasteiger partial charge is 0.402 e. The van der Waals surface area contributed by atoms with E-state index in [-0.39, 0.29) is 22.0 Å². The number of carbonyl (C=O) groups is 1. The van der Waals surface area contributed by atoms with Crippen molar-refractivity contribution in [2.45, 2.75) is 30.3 Å². The van der Waals surface area contributed by atoms with Gasteiger partial charge in [-0.05, 0) is 55.7 Å². The maximum absolute atomic E-state index is 14.3. The van der Waals surface area contributed by atoms with E-state index in [0.717, 1.165) is 24.2 Å². The summed E-state index contributed by atoms with van der Waals surface area (Å²) in [4.78, 5) is 12.5. The summed E-state index contributed by atoms with van der Waals surface area (Å²) in [6.45, 7) is -1.69. The third-order valence-electron chi connectivity index (χ3n) is 5.11. The highest BCUT2D eigenvalue weighted by Crippen LogP contribution is 2.29. The van der Waals surface area contributed by atoms with Gasteiger partial charge in [-0.1, -0.05) is 12.1 Å². The molecule has 0 saturated carbocycles. The van der Waals surface area contributed by atoms with Crippen LogP contribution in [0.5, 0.6) is 0 Å². The van der Waals surface area contributed by atoms with Gasteiger partial charge in [-0.3, -0.25) is 4.79 Å². The van der Waals surface area contributed by atoms with Crippen LogP contribution in [0.25, 0.3) is 5.69 Å². The summed E-state index contributed by atoms with van der Waals surface area (Å²) in [6, 6.07) is 10.8. The first-order valence-electron chi connectivity index (χ1n) is 9.89. The Labute approximate surface area is 186 Å². The number of rotatable bonds is 6. The number of aromatic nitrogens is 2. The number of hydrogen-bond acceptors (Lipinski definition) is 4. The van der Waals surface area contributed by atoms with Crippen molar-refractivity contribution in [1.82, 2.24) is 14.5 Å². The molecule has 7 nitrogen and oxygen atoms in total. The zero-order valence-electron chi connectivity index (χ0n) is 17.0. The Balaban J connectivity index is 1.54. The van der Waals surface area contributed by atoms with E-state index < -0.39 is 34.5 Å². The first kappa shape index (κ1) is 22.9. The molecule has 1 heterocycles. The van der Waals surface area contributed by atoms with Crippen LogP contribution in [0.4, 0.5) is 23.2 Å². The molecule has 2 aromatic carbocycles. The molecular weight excluding hydrogens is 464 g/mol. The fraction of sp³-hybridized carbons (Fsp3) is 0.238. The predicted octanol–water partition coefficient (Wildman–Crippen LogP) is 3.59. The number of para-hydroxylation sites is 1. The van der Waals surface area contributed by atoms with E-state index in [0.29, 0.717) is 18.4 Å². The quantitative estimate of drug-likeness (QED) is 0.525. The van der Waals surface area contributed by atoms with E-state index in [4.69, 9.17) is 0 Å². The summed E-state index contributed by atoms with van der Waals surface area (Å²) >= 11 is 0. The molecule has 2 N–H and O–H groups in total. The van der Waals surface area contributed by atoms with Gasteiger partial charge in [0, 0.05) is 16.9 Å². The van der Waals surface area contributed by atoms with Gasteiger partial charge in [0.1, 0.15) is 18.0 Å². The third-order valence-corrected chi connectivity index (χ3v) is 6.53. The molecule has 0 aliphatic heterocycles. The lowest BCUT2D eigenvalue weighted by Gasteiger charge is -2.10. The molecule has 0 saturated heterocycles. The lowest BCUT2D eigenvalue weighted by molar-refractivity contribution is -0.121. The Bertz CT molecular complexity index is 1300. The van der Waals surface area contributed by atoms with Gasteiger partial charge in [-0.25, -0.2) is 22.2 Å². The molecule has 0 unspecified atom stereocenters. The molecule has 0 bridgehead atoms. The third kappa shape index (κ3) is 4.91. The van der Waals surface area contributed by atoms with Crippen LogP contribution in [0, 0.1) is 5.82 Å². The SMILES string of the molecule is O=C(Nc1ccc(S(=O)(=O)NCC(F)(F)F)cc1)c1nn(-c2ccccc2F)c2c1CCC2. The molecule has 4 rings (SSSR count). The summed E-state index contributed by atoms with van der Waals surface area (Å²) in [5.74, 6) is -1.04. The predicted molar refractivity (Wildman–Crippen MR) is 111 cm³/mol. The van der Waals surface area contributed by atoms with E-state index >= 15 is 0 Å². The average Bonchev–Trinajstić information content (AvgIpc) is 3.36. The number of sulfonamides is 1. The van der Waals surface area contributed by atoms with Crippen molar-refractivity contribution < 1.29 is 30.8 Å². The second-order valence-electron chi connectivity index (χ2n) is 7.41. The minimum atomic E-state index is -4.69. The van der Waals surface area contributed by atoms with Crippen molar-refractivity contribution in [3.8, 4) is 5.69 Å². The number of hydrogen-bond donors (Lipinski definition) is 2. The molecule has 0 spiro atoms. The van der Waals surface area contributed by atoms with E-state index in [2.05, 4.69) is 10.4 Å². The number of nitrogens with zero attached hydrogens (tertiary/aromatic N) is 2. The number of fused-ring (bicyclic) bond motifs is 1. The molecule has 174 valence electrons. The molecule has 0 fully saturated rings. The molecule has 3 aromatic rings. The maximum Gasteiger partial charge on any atom is 0.402 e. The summed E-state index contributed by atoms with van der Waals surface area (Å²) in [5, 5.41) is 6.91. The van der Waals surface area contributed by atoms with Crippen LogP contribution in [0.1, 0.15) is 28.2 Å². The van der Waals surface area contributed by atoms with Crippen LogP contribution >= 0.6 is 0 Å². The van der Waals surface area contributed by atoms with Gasteiger partial charge < -0.3 is 5.32 Å². The molecule has 1 aliphatic carbocycles. The number of halogens is 4. The van der Waals surface area contributed by atoms with Crippen molar-refractivity contribution in [3.05, 3.63) is 71.3 Å². The number of amides is 1. The van der Waals surface area contributed by atoms with E-state index in [1.54, 1.807) is 18.2 Å². The smallest absolute Gasteiger partial charge is 0.321 e. The second kappa shape index (κ2) is 8.60. The Morgan fingerprint density at radius 2 is 1.76 bits per heavy atom. The van der Waals surface area contributed by atoms with Crippen molar-refractivity contribution in [2.75, 3.05) is 11.9 Å². The standard InChI is InChI=1S/C21H18F4N4O3S/c22-16-5-1-2-6-18(16)29-17-7-3-4-15(17)19(28-29)20(30)27-13-8-10-14(11-9-13)33(31,32)26-12-21(23,24)25/h1-2,5-6,8-11,26H,3-4,7,12H2,(H,27,30). The lowest BCUT2D eigenvalue weighted by Crippen LogP contribution is -2.33. The number of alkyl halides is 3. The van der Waals surface area contributed by atoms with Crippen molar-refractivity contribution in [2.24, 2.45) is 0 Å². The number of anilines is 1. The fourth-order valence-electron chi connectivity index (χ4n) is 3.61. The normalized spacial score (nSPS) is 13.7. The molecule has 1 aromatic heterocycles. The van der Waals surface area contributed by atoms with E-state index in [1.807, 2.05) is 0 Å². The fourth-order valence-corrected chi connectivity index (χ4v) is 4.63. The molecule has 33 heavy (non-hydrogen) atoms. The van der Waals surface area contributed by atoms with Crippen LogP contribution in [0.3, 0.4) is 0 Å². The Kier molecular flexibility index (Phi) is 5.97. The highest BCUT2D eigenvalue weighted by atomic mass is 32.2. The number of benzene rings is 2. The zero-order chi connectivity index (χ0) is 23.8. The van der Waals surface area contributed by atoms with Crippen LogP contribution in [-0.4, -0.2) is 36.8 Å². The summed E-state index contributed by atoms with van der Waals surface area (Å²) in [6.07, 6.45) is -2.65. The first-order valence-corrected chi connectivity index (χ1v) is 11.4. The first-order chi connectivity index (χ1) is 15.5. The Morgan fingerprint density at radius 3 is 2.42 bits per heavy atom. The van der Waals surface area contributed by atoms with Crippen molar-refractivity contribution in [1.29, 1.82) is 0 Å². The number of carbonyl (C=O) groups excluding carboxylic acids is 1. The van der Waals surface area contributed by atoms with Gasteiger partial charge in [0.15, 0.2) is 5.69 Å². The summed E-state index contributed by atoms with van der Waals surface area (Å²) < 4.78 is 78.0. The van der Waals surface area contributed by atoms with Crippen LogP contribution in [-0.2, 0) is 22.9 Å². The van der Waals surface area contributed by atoms with Gasteiger partial charge in [-0.2, -0.15) is 18.3 Å². The van der Waals surface area contributed by atoms with Crippen LogP contribution in [0.2, 0.25) is 0 Å². The minimum Gasteiger partial charge on any atom is -0.321 e. The maximum atomic E-state index is 14.3. The Morgan fingerprint density at radius 1 is 1.06 bits per heavy atom. The monoisotopic (exact) mass is 482 g/mol. The van der Waals surface area contributed by atoms with Crippen LogP contribution in [0.15, 0.2) is 53.4 Å². The van der Waals surface area contributed by atoms with E-state index in [9.17, 15) is 30.8 Å². The van der Waals surface area contributed by atoms with Crippen molar-refractivity contribution in [3.63, 3.8) is 0 Å². The van der Waals surface area contributed by atoms with Gasteiger partial charge >= 0.3 is 6.18 Å². The summed E-state index contributed by atoms with van der Waals surface area (Å²) in [7, 11) is -4.36. The van der Waals surface area contributed by atoms with Crippen LogP contribution < -0.4 is 10.0 Å². The minimum absolute atomic E-state index is 0.134. The van der Waals surface area contributed by atoms with Gasteiger partial charge in [-0.15, -0.1) is 0 Å². The zero-order valence-corrected chi connectivity index (χ0v) is 17.8. The lowest BCUT2D eigenvalue weighted by atomic mass is 10.2. The van der Waals surface area contributed by atoms with Gasteiger partial charge in [0.05, 0.1) is 4.90 Å². The van der Waals surface area contributed by atoms with Gasteiger partial charge in [0.25, 0.3) is 5.91 Å². The molecule has 1 amide bonds. The van der Waals surface area contributed by atoms with E-state index in [1.165, 1.54) is 27.6 Å². The highest BCUT2D eigenvalue weighted by molar-refractivity contribution is 7.89. The van der Waals surface area contributed by atoms with Crippen molar-refractivity contribution >= 4 is 21.6 Å². The topological polar surface area (TPSA) is 93.1 Å². The summed E-state index contributed by atoms with van der Waals surface area (Å²) in [5.41, 5.74) is 2.06. The average molecular weight is 482 g/mol. The molecular formula is C21H18F4N4O3S. The number of nitrogens with one attached hydrogen (secondary N) is 2. The Hall–Kier alpha value is -3.25. The second-order valence-corrected chi connectivity index (χ2v) is 9.18. The molecule has 0 radical (unpaired) electrons. The van der Waals surface area contributed by atoms with Gasteiger partial charge in [0.2, 0.25) is 10.0 Å². The molecule has 1 aliphatic rings. The molecule has 0 atom stereocenters. The highest BCUT2D eigenvalue weighted by Gasteiger charge is 2.30. The molecule has 12 heteroatoms.